The van der Waals surface area contributed by atoms with Gasteiger partial charge in [0.05, 0.1) is 16.8 Å². The summed E-state index contributed by atoms with van der Waals surface area (Å²) in [7, 11) is 0. The number of aryl methyl sites for hydroxylation is 1. The van der Waals surface area contributed by atoms with E-state index in [1.165, 1.54) is 4.88 Å². The van der Waals surface area contributed by atoms with Gasteiger partial charge in [-0.25, -0.2) is 4.98 Å². The van der Waals surface area contributed by atoms with Crippen molar-refractivity contribution >= 4 is 17.0 Å². The molecule has 6 nitrogen and oxygen atoms in total. The van der Waals surface area contributed by atoms with Gasteiger partial charge in [-0.1, -0.05) is 18.2 Å². The molecule has 0 radical (unpaired) electrons. The zero-order valence-electron chi connectivity index (χ0n) is 13.1. The van der Waals surface area contributed by atoms with Crippen molar-refractivity contribution in [3.8, 4) is 22.0 Å². The fraction of sp³-hybridized carbons (Fsp3) is 0.118. The third kappa shape index (κ3) is 2.93. The number of hydrogen-bond acceptors (Lipinski definition) is 5. The van der Waals surface area contributed by atoms with Gasteiger partial charge in [0.1, 0.15) is 5.82 Å². The van der Waals surface area contributed by atoms with Gasteiger partial charge < -0.3 is 5.32 Å². The molecule has 3 aromatic heterocycles. The predicted octanol–water partition coefficient (Wildman–Crippen LogP) is 3.84. The molecular weight excluding hydrogens is 320 g/mol. The normalized spacial score (nSPS) is 10.9. The lowest BCUT2D eigenvalue weighted by molar-refractivity contribution is 1.04. The van der Waals surface area contributed by atoms with Gasteiger partial charge in [0.15, 0.2) is 5.82 Å². The molecule has 0 bridgehead atoms. The fourth-order valence-corrected chi connectivity index (χ4v) is 3.27. The van der Waals surface area contributed by atoms with Gasteiger partial charge in [-0.2, -0.15) is 10.2 Å². The van der Waals surface area contributed by atoms with Crippen LogP contribution < -0.4 is 5.32 Å². The molecule has 0 saturated carbocycles. The largest absolute Gasteiger partial charge is 0.381 e. The first-order chi connectivity index (χ1) is 11.8. The lowest BCUT2D eigenvalue weighted by Crippen LogP contribution is -1.99. The van der Waals surface area contributed by atoms with E-state index in [0.717, 1.165) is 28.3 Å². The van der Waals surface area contributed by atoms with Crippen molar-refractivity contribution < 1.29 is 0 Å². The van der Waals surface area contributed by atoms with Crippen molar-refractivity contribution in [1.29, 1.82) is 0 Å². The summed E-state index contributed by atoms with van der Waals surface area (Å²) in [5, 5.41) is 19.8. The number of H-pyrrole nitrogens is 2. The van der Waals surface area contributed by atoms with E-state index in [4.69, 9.17) is 0 Å². The number of nitrogens with one attached hydrogen (secondary N) is 3. The van der Waals surface area contributed by atoms with Crippen molar-refractivity contribution in [1.82, 2.24) is 25.4 Å². The molecule has 7 heteroatoms. The fourth-order valence-electron chi connectivity index (χ4n) is 2.52. The molecule has 3 N–H and O–H groups in total. The number of anilines is 1. The van der Waals surface area contributed by atoms with E-state index in [1.807, 2.05) is 43.5 Å². The minimum atomic E-state index is 0.695. The highest BCUT2D eigenvalue weighted by Crippen LogP contribution is 2.26. The molecule has 0 spiro atoms. The molecule has 4 aromatic rings. The summed E-state index contributed by atoms with van der Waals surface area (Å²) in [5.74, 6) is 1.51. The monoisotopic (exact) mass is 336 g/mol. The van der Waals surface area contributed by atoms with Crippen LogP contribution in [0.3, 0.4) is 0 Å². The number of rotatable bonds is 5. The Morgan fingerprint density at radius 1 is 1.17 bits per heavy atom. The quantitative estimate of drug-likeness (QED) is 0.517. The number of hydrogen-bond donors (Lipinski definition) is 3. The van der Waals surface area contributed by atoms with E-state index in [9.17, 15) is 0 Å². The van der Waals surface area contributed by atoms with Crippen molar-refractivity contribution in [2.24, 2.45) is 0 Å². The van der Waals surface area contributed by atoms with Crippen LogP contribution in [0, 0.1) is 6.92 Å². The summed E-state index contributed by atoms with van der Waals surface area (Å²) in [6.45, 7) is 2.59. The Labute approximate surface area is 143 Å². The predicted molar refractivity (Wildman–Crippen MR) is 95.8 cm³/mol. The summed E-state index contributed by atoms with van der Waals surface area (Å²) in [6, 6.07) is 12.2. The van der Waals surface area contributed by atoms with Crippen LogP contribution in [0.25, 0.3) is 22.0 Å². The summed E-state index contributed by atoms with van der Waals surface area (Å²) in [5.41, 5.74) is 4.21. The van der Waals surface area contributed by atoms with E-state index < -0.39 is 0 Å². The van der Waals surface area contributed by atoms with Crippen molar-refractivity contribution in [3.63, 3.8) is 0 Å². The van der Waals surface area contributed by atoms with Crippen LogP contribution in [0.4, 0.5) is 5.69 Å². The SMILES string of the molecule is Cc1nc(-c2cccc(NCc3cn[nH]c3-c3cccs3)c2)n[nH]1. The molecule has 0 atom stereocenters. The van der Waals surface area contributed by atoms with E-state index in [-0.39, 0.29) is 0 Å². The zero-order valence-corrected chi connectivity index (χ0v) is 13.9. The van der Waals surface area contributed by atoms with Crippen LogP contribution in [0.1, 0.15) is 11.4 Å². The summed E-state index contributed by atoms with van der Waals surface area (Å²) >= 11 is 1.70. The lowest BCUT2D eigenvalue weighted by atomic mass is 10.1. The smallest absolute Gasteiger partial charge is 0.181 e. The molecule has 24 heavy (non-hydrogen) atoms. The Kier molecular flexibility index (Phi) is 3.84. The molecule has 0 unspecified atom stereocenters. The molecule has 3 heterocycles. The Bertz CT molecular complexity index is 938. The van der Waals surface area contributed by atoms with Gasteiger partial charge in [-0.3, -0.25) is 10.2 Å². The molecule has 120 valence electrons. The summed E-state index contributed by atoms with van der Waals surface area (Å²) < 4.78 is 0. The van der Waals surface area contributed by atoms with E-state index in [2.05, 4.69) is 42.1 Å². The second-order valence-corrected chi connectivity index (χ2v) is 6.37. The molecule has 0 fully saturated rings. The summed E-state index contributed by atoms with van der Waals surface area (Å²) in [4.78, 5) is 5.56. The maximum Gasteiger partial charge on any atom is 0.181 e. The second kappa shape index (κ2) is 6.29. The standard InChI is InChI=1S/C17H16N6S/c1-11-20-17(23-21-11)12-4-2-5-14(8-12)18-9-13-10-19-22-16(13)15-6-3-7-24-15/h2-8,10,18H,9H2,1H3,(H,19,22)(H,20,21,23). The highest BCUT2D eigenvalue weighted by molar-refractivity contribution is 7.13. The Balaban J connectivity index is 1.52. The van der Waals surface area contributed by atoms with Gasteiger partial charge in [0, 0.05) is 23.4 Å². The number of benzene rings is 1. The van der Waals surface area contributed by atoms with Crippen molar-refractivity contribution in [2.75, 3.05) is 5.32 Å². The molecule has 0 saturated heterocycles. The molecule has 0 aliphatic carbocycles. The van der Waals surface area contributed by atoms with Crippen LogP contribution in [0.15, 0.2) is 48.0 Å². The van der Waals surface area contributed by atoms with Crippen molar-refractivity contribution in [2.45, 2.75) is 13.5 Å². The van der Waals surface area contributed by atoms with Crippen LogP contribution >= 0.6 is 11.3 Å². The highest BCUT2D eigenvalue weighted by Gasteiger charge is 2.09. The van der Waals surface area contributed by atoms with E-state index >= 15 is 0 Å². The van der Waals surface area contributed by atoms with Gasteiger partial charge in [-0.15, -0.1) is 11.3 Å². The Hall–Kier alpha value is -2.93. The minimum absolute atomic E-state index is 0.695. The first kappa shape index (κ1) is 14.6. The third-order valence-corrected chi connectivity index (χ3v) is 4.57. The first-order valence-electron chi connectivity index (χ1n) is 7.59. The molecule has 4 rings (SSSR count). The van der Waals surface area contributed by atoms with Crippen LogP contribution in [0.2, 0.25) is 0 Å². The average molecular weight is 336 g/mol. The second-order valence-electron chi connectivity index (χ2n) is 5.43. The van der Waals surface area contributed by atoms with E-state index in [1.54, 1.807) is 11.3 Å². The maximum atomic E-state index is 4.37. The number of nitrogens with zero attached hydrogens (tertiary/aromatic N) is 3. The molecule has 1 aromatic carbocycles. The number of aromatic nitrogens is 5. The maximum absolute atomic E-state index is 4.37. The molecule has 0 aliphatic heterocycles. The van der Waals surface area contributed by atoms with Crippen molar-refractivity contribution in [3.05, 3.63) is 59.4 Å². The van der Waals surface area contributed by atoms with Crippen LogP contribution in [-0.2, 0) is 6.54 Å². The van der Waals surface area contributed by atoms with Gasteiger partial charge >= 0.3 is 0 Å². The zero-order chi connectivity index (χ0) is 16.4. The van der Waals surface area contributed by atoms with Gasteiger partial charge in [0.2, 0.25) is 0 Å². The van der Waals surface area contributed by atoms with E-state index in [0.29, 0.717) is 12.4 Å². The topological polar surface area (TPSA) is 82.3 Å². The number of thiophene rings is 1. The Morgan fingerprint density at radius 3 is 2.92 bits per heavy atom. The van der Waals surface area contributed by atoms with Crippen LogP contribution in [0.5, 0.6) is 0 Å². The lowest BCUT2D eigenvalue weighted by Gasteiger charge is -2.07. The molecular formula is C17H16N6S. The molecule has 0 amide bonds. The molecule has 0 aliphatic rings. The van der Waals surface area contributed by atoms with Crippen LogP contribution in [-0.4, -0.2) is 25.4 Å². The number of aromatic amines is 2. The Morgan fingerprint density at radius 2 is 2.12 bits per heavy atom. The average Bonchev–Trinajstić information content (AvgIpc) is 3.34. The summed E-state index contributed by atoms with van der Waals surface area (Å²) in [6.07, 6.45) is 1.87. The highest BCUT2D eigenvalue weighted by atomic mass is 32.1. The van der Waals surface area contributed by atoms with Gasteiger partial charge in [0.25, 0.3) is 0 Å². The third-order valence-electron chi connectivity index (χ3n) is 3.69. The first-order valence-corrected chi connectivity index (χ1v) is 8.47. The minimum Gasteiger partial charge on any atom is -0.381 e. The van der Waals surface area contributed by atoms with Gasteiger partial charge in [-0.05, 0) is 30.5 Å².